The molecule has 3 nitrogen and oxygen atoms in total. The monoisotopic (exact) mass is 258 g/mol. The summed E-state index contributed by atoms with van der Waals surface area (Å²) in [7, 11) is 0. The van der Waals surface area contributed by atoms with Gasteiger partial charge in [-0.05, 0) is 30.7 Å². The molecule has 3 N–H and O–H groups in total. The molecule has 5 heteroatoms. The molecule has 0 heterocycles. The average Bonchev–Trinajstić information content (AvgIpc) is 2.24. The highest BCUT2D eigenvalue weighted by atomic mass is 35.5. The maximum absolute atomic E-state index is 13.0. The summed E-state index contributed by atoms with van der Waals surface area (Å²) < 4.78 is 13.0. The molecule has 1 aromatic rings. The number of amides is 1. The lowest BCUT2D eigenvalue weighted by Gasteiger charge is -2.12. The zero-order valence-corrected chi connectivity index (χ0v) is 10.4. The topological polar surface area (TPSA) is 55.1 Å². The lowest BCUT2D eigenvalue weighted by Crippen LogP contribution is -2.21. The van der Waals surface area contributed by atoms with Crippen LogP contribution in [0.2, 0.25) is 5.02 Å². The van der Waals surface area contributed by atoms with Gasteiger partial charge < -0.3 is 11.1 Å². The molecular weight excluding hydrogens is 243 g/mol. The largest absolute Gasteiger partial charge is 0.330 e. The Balaban J connectivity index is 2.61. The molecule has 0 bridgehead atoms. The van der Waals surface area contributed by atoms with Gasteiger partial charge in [-0.2, -0.15) is 0 Å². The highest BCUT2D eigenvalue weighted by Crippen LogP contribution is 2.18. The van der Waals surface area contributed by atoms with E-state index in [0.717, 1.165) is 6.42 Å². The van der Waals surface area contributed by atoms with Crippen LogP contribution in [0.3, 0.4) is 0 Å². The van der Waals surface area contributed by atoms with E-state index in [2.05, 4.69) is 5.32 Å². The van der Waals surface area contributed by atoms with Crippen molar-refractivity contribution in [1.82, 2.24) is 0 Å². The number of rotatable bonds is 5. The standard InChI is InChI=1S/C12H16ClFN2O/c1-2-8(7-15)3-12(17)16-11-5-9(13)4-10(14)6-11/h4-6,8H,2-3,7,15H2,1H3,(H,16,17). The van der Waals surface area contributed by atoms with Gasteiger partial charge in [-0.25, -0.2) is 4.39 Å². The zero-order chi connectivity index (χ0) is 12.8. The first-order valence-electron chi connectivity index (χ1n) is 5.51. The minimum absolute atomic E-state index is 0.152. The fourth-order valence-electron chi connectivity index (χ4n) is 1.49. The molecule has 0 spiro atoms. The van der Waals surface area contributed by atoms with Gasteiger partial charge in [-0.1, -0.05) is 24.9 Å². The number of benzene rings is 1. The predicted octanol–water partition coefficient (Wildman–Crippen LogP) is 2.79. The number of carbonyl (C=O) groups excluding carboxylic acids is 1. The van der Waals surface area contributed by atoms with E-state index in [9.17, 15) is 9.18 Å². The lowest BCUT2D eigenvalue weighted by molar-refractivity contribution is -0.117. The number of anilines is 1. The number of hydrogen-bond donors (Lipinski definition) is 2. The Labute approximate surface area is 105 Å². The molecule has 1 rings (SSSR count). The van der Waals surface area contributed by atoms with E-state index in [0.29, 0.717) is 18.7 Å². The minimum atomic E-state index is -0.473. The second-order valence-electron chi connectivity index (χ2n) is 3.92. The molecule has 1 atom stereocenters. The summed E-state index contributed by atoms with van der Waals surface area (Å²) in [5.74, 6) is -0.498. The molecule has 1 unspecified atom stereocenters. The molecular formula is C12H16ClFN2O. The van der Waals surface area contributed by atoms with Crippen LogP contribution in [0.1, 0.15) is 19.8 Å². The number of halogens is 2. The third-order valence-electron chi connectivity index (χ3n) is 2.53. The molecule has 0 aliphatic heterocycles. The van der Waals surface area contributed by atoms with E-state index in [1.54, 1.807) is 0 Å². The highest BCUT2D eigenvalue weighted by molar-refractivity contribution is 6.30. The van der Waals surface area contributed by atoms with Gasteiger partial charge in [0.1, 0.15) is 5.82 Å². The third kappa shape index (κ3) is 4.71. The van der Waals surface area contributed by atoms with Crippen molar-refractivity contribution in [3.8, 4) is 0 Å². The zero-order valence-electron chi connectivity index (χ0n) is 9.67. The Morgan fingerprint density at radius 2 is 2.24 bits per heavy atom. The molecule has 17 heavy (non-hydrogen) atoms. The number of carbonyl (C=O) groups is 1. The molecule has 0 aliphatic rings. The summed E-state index contributed by atoms with van der Waals surface area (Å²) in [4.78, 5) is 11.6. The molecule has 0 aromatic heterocycles. The van der Waals surface area contributed by atoms with Crippen LogP contribution in [-0.4, -0.2) is 12.5 Å². The molecule has 0 saturated heterocycles. The van der Waals surface area contributed by atoms with E-state index in [-0.39, 0.29) is 16.8 Å². The van der Waals surface area contributed by atoms with Gasteiger partial charge in [-0.3, -0.25) is 4.79 Å². The number of nitrogens with one attached hydrogen (secondary N) is 1. The van der Waals surface area contributed by atoms with Gasteiger partial charge in [0.05, 0.1) is 0 Å². The molecule has 0 saturated carbocycles. The second kappa shape index (κ2) is 6.57. The normalized spacial score (nSPS) is 12.2. The molecule has 1 amide bonds. The van der Waals surface area contributed by atoms with Crippen molar-refractivity contribution < 1.29 is 9.18 Å². The maximum atomic E-state index is 13.0. The van der Waals surface area contributed by atoms with Gasteiger partial charge >= 0.3 is 0 Å². The fraction of sp³-hybridized carbons (Fsp3) is 0.417. The third-order valence-corrected chi connectivity index (χ3v) is 2.75. The second-order valence-corrected chi connectivity index (χ2v) is 4.36. The van der Waals surface area contributed by atoms with Crippen molar-refractivity contribution in [2.45, 2.75) is 19.8 Å². The van der Waals surface area contributed by atoms with E-state index < -0.39 is 5.82 Å². The van der Waals surface area contributed by atoms with E-state index in [1.807, 2.05) is 6.92 Å². The summed E-state index contributed by atoms with van der Waals surface area (Å²) in [5.41, 5.74) is 5.88. The van der Waals surface area contributed by atoms with Crippen molar-refractivity contribution >= 4 is 23.2 Å². The number of hydrogen-bond acceptors (Lipinski definition) is 2. The summed E-state index contributed by atoms with van der Waals surface area (Å²) in [5, 5.41) is 2.86. The van der Waals surface area contributed by atoms with Gasteiger partial charge in [0.15, 0.2) is 0 Å². The summed E-state index contributed by atoms with van der Waals surface area (Å²) in [6.07, 6.45) is 1.18. The molecule has 0 fully saturated rings. The molecule has 0 aliphatic carbocycles. The van der Waals surface area contributed by atoms with Crippen LogP contribution in [0.25, 0.3) is 0 Å². The Morgan fingerprint density at radius 1 is 1.53 bits per heavy atom. The van der Waals surface area contributed by atoms with Crippen LogP contribution in [-0.2, 0) is 4.79 Å². The van der Waals surface area contributed by atoms with Crippen molar-refractivity contribution in [3.63, 3.8) is 0 Å². The average molecular weight is 259 g/mol. The SMILES string of the molecule is CCC(CN)CC(=O)Nc1cc(F)cc(Cl)c1. The summed E-state index contributed by atoms with van der Waals surface area (Å²) in [6.45, 7) is 2.44. The first kappa shape index (κ1) is 13.9. The summed E-state index contributed by atoms with van der Waals surface area (Å²) >= 11 is 5.68. The van der Waals surface area contributed by atoms with Gasteiger partial charge in [-0.15, -0.1) is 0 Å². The van der Waals surface area contributed by atoms with Crippen molar-refractivity contribution in [3.05, 3.63) is 29.0 Å². The molecule has 1 aromatic carbocycles. The van der Waals surface area contributed by atoms with Crippen molar-refractivity contribution in [2.75, 3.05) is 11.9 Å². The Morgan fingerprint density at radius 3 is 2.76 bits per heavy atom. The quantitative estimate of drug-likeness (QED) is 0.853. The van der Waals surface area contributed by atoms with Gasteiger partial charge in [0.2, 0.25) is 5.91 Å². The molecule has 94 valence electrons. The van der Waals surface area contributed by atoms with Crippen LogP contribution in [0.4, 0.5) is 10.1 Å². The van der Waals surface area contributed by atoms with E-state index in [4.69, 9.17) is 17.3 Å². The minimum Gasteiger partial charge on any atom is -0.330 e. The molecule has 0 radical (unpaired) electrons. The van der Waals surface area contributed by atoms with Crippen LogP contribution in [0.5, 0.6) is 0 Å². The lowest BCUT2D eigenvalue weighted by atomic mass is 10.0. The van der Waals surface area contributed by atoms with Crippen molar-refractivity contribution in [2.24, 2.45) is 11.7 Å². The maximum Gasteiger partial charge on any atom is 0.224 e. The van der Waals surface area contributed by atoms with Crippen molar-refractivity contribution in [1.29, 1.82) is 0 Å². The Bertz CT molecular complexity index is 374. The smallest absolute Gasteiger partial charge is 0.224 e. The first-order valence-corrected chi connectivity index (χ1v) is 5.89. The van der Waals surface area contributed by atoms with Gasteiger partial charge in [0, 0.05) is 17.1 Å². The van der Waals surface area contributed by atoms with E-state index >= 15 is 0 Å². The summed E-state index contributed by atoms with van der Waals surface area (Å²) in [6, 6.07) is 3.92. The first-order chi connectivity index (χ1) is 8.05. The fourth-order valence-corrected chi connectivity index (χ4v) is 1.72. The Hall–Kier alpha value is -1.13. The van der Waals surface area contributed by atoms with Gasteiger partial charge in [0.25, 0.3) is 0 Å². The predicted molar refractivity (Wildman–Crippen MR) is 67.5 cm³/mol. The van der Waals surface area contributed by atoms with Crippen LogP contribution >= 0.6 is 11.6 Å². The van der Waals surface area contributed by atoms with E-state index in [1.165, 1.54) is 18.2 Å². The number of nitrogens with two attached hydrogens (primary N) is 1. The van der Waals surface area contributed by atoms with Crippen LogP contribution in [0, 0.1) is 11.7 Å². The van der Waals surface area contributed by atoms with Crippen LogP contribution < -0.4 is 11.1 Å². The van der Waals surface area contributed by atoms with Crippen LogP contribution in [0.15, 0.2) is 18.2 Å². The Kier molecular flexibility index (Phi) is 5.38. The highest BCUT2D eigenvalue weighted by Gasteiger charge is 2.11.